The number of benzene rings is 1. The minimum Gasteiger partial charge on any atom is -0.350 e. The van der Waals surface area contributed by atoms with Gasteiger partial charge in [-0.2, -0.15) is 0 Å². The molecule has 110 valence electrons. The van der Waals surface area contributed by atoms with Crippen molar-refractivity contribution in [3.8, 4) is 0 Å². The summed E-state index contributed by atoms with van der Waals surface area (Å²) < 4.78 is 0.981. The number of carbonyl (C=O) groups excluding carboxylic acids is 1. The quantitative estimate of drug-likeness (QED) is 0.912. The van der Waals surface area contributed by atoms with Crippen molar-refractivity contribution in [1.29, 1.82) is 0 Å². The van der Waals surface area contributed by atoms with E-state index in [2.05, 4.69) is 33.1 Å². The van der Waals surface area contributed by atoms with Gasteiger partial charge in [0.25, 0.3) is 5.91 Å². The van der Waals surface area contributed by atoms with E-state index >= 15 is 0 Å². The Morgan fingerprint density at radius 1 is 1.35 bits per heavy atom. The monoisotopic (exact) mass is 338 g/mol. The van der Waals surface area contributed by atoms with E-state index in [9.17, 15) is 4.79 Å². The van der Waals surface area contributed by atoms with Crippen LogP contribution in [-0.2, 0) is 0 Å². The molecule has 1 amide bonds. The summed E-state index contributed by atoms with van der Waals surface area (Å²) in [6.07, 6.45) is 3.90. The Kier molecular flexibility index (Phi) is 5.61. The molecule has 1 heterocycles. The Hall–Kier alpha value is -0.870. The maximum Gasteiger partial charge on any atom is 0.251 e. The van der Waals surface area contributed by atoms with Gasteiger partial charge in [-0.1, -0.05) is 28.4 Å². The molecule has 0 aromatic heterocycles. The molecule has 1 aliphatic rings. The molecule has 0 saturated carbocycles. The molecule has 1 saturated heterocycles. The summed E-state index contributed by atoms with van der Waals surface area (Å²) in [6, 6.07) is 6.15. The molecule has 1 atom stereocenters. The number of nitrogens with one attached hydrogen (secondary N) is 1. The van der Waals surface area contributed by atoms with E-state index in [1.54, 1.807) is 0 Å². The zero-order valence-corrected chi connectivity index (χ0v) is 13.9. The van der Waals surface area contributed by atoms with Gasteiger partial charge in [0.15, 0.2) is 0 Å². The van der Waals surface area contributed by atoms with Crippen LogP contribution < -0.4 is 5.32 Å². The Morgan fingerprint density at radius 3 is 2.75 bits per heavy atom. The number of piperidine rings is 1. The van der Waals surface area contributed by atoms with E-state index in [1.807, 2.05) is 25.1 Å². The standard InChI is InChI=1S/C16H23BrN2O/c1-12(19-9-4-3-5-10-19)11-18-16(20)14-7-6-8-15(17)13(14)2/h6-8,12H,3-5,9-11H2,1-2H3,(H,18,20). The smallest absolute Gasteiger partial charge is 0.251 e. The first-order valence-electron chi connectivity index (χ1n) is 7.37. The number of rotatable bonds is 4. The lowest BCUT2D eigenvalue weighted by Gasteiger charge is -2.32. The average molecular weight is 339 g/mol. The van der Waals surface area contributed by atoms with Crippen molar-refractivity contribution in [2.24, 2.45) is 0 Å². The zero-order valence-electron chi connectivity index (χ0n) is 12.3. The molecule has 1 aromatic carbocycles. The van der Waals surface area contributed by atoms with Gasteiger partial charge >= 0.3 is 0 Å². The van der Waals surface area contributed by atoms with E-state index in [-0.39, 0.29) is 5.91 Å². The number of carbonyl (C=O) groups is 1. The summed E-state index contributed by atoms with van der Waals surface area (Å²) in [7, 11) is 0. The van der Waals surface area contributed by atoms with Gasteiger partial charge in [-0.3, -0.25) is 9.69 Å². The SMILES string of the molecule is Cc1c(Br)cccc1C(=O)NCC(C)N1CCCCC1. The summed E-state index contributed by atoms with van der Waals surface area (Å²) in [5.74, 6) is 0.0210. The predicted molar refractivity (Wildman–Crippen MR) is 86.1 cm³/mol. The van der Waals surface area contributed by atoms with Crippen LogP contribution in [0.5, 0.6) is 0 Å². The van der Waals surface area contributed by atoms with Gasteiger partial charge < -0.3 is 5.32 Å². The molecule has 1 aliphatic heterocycles. The number of amides is 1. The highest BCUT2D eigenvalue weighted by molar-refractivity contribution is 9.10. The third-order valence-electron chi connectivity index (χ3n) is 4.08. The maximum atomic E-state index is 12.3. The molecule has 1 unspecified atom stereocenters. The average Bonchev–Trinajstić information content (AvgIpc) is 2.48. The normalized spacial score (nSPS) is 17.8. The second-order valence-corrected chi connectivity index (χ2v) is 6.42. The summed E-state index contributed by atoms with van der Waals surface area (Å²) in [5.41, 5.74) is 1.75. The number of hydrogen-bond acceptors (Lipinski definition) is 2. The number of hydrogen-bond donors (Lipinski definition) is 1. The third kappa shape index (κ3) is 3.83. The van der Waals surface area contributed by atoms with Crippen LogP contribution in [0.2, 0.25) is 0 Å². The van der Waals surface area contributed by atoms with Crippen LogP contribution in [0, 0.1) is 6.92 Å². The highest BCUT2D eigenvalue weighted by Crippen LogP contribution is 2.19. The third-order valence-corrected chi connectivity index (χ3v) is 4.94. The van der Waals surface area contributed by atoms with Gasteiger partial charge in [0, 0.05) is 22.6 Å². The van der Waals surface area contributed by atoms with Gasteiger partial charge in [-0.15, -0.1) is 0 Å². The molecule has 4 heteroatoms. The molecule has 0 radical (unpaired) electrons. The lowest BCUT2D eigenvalue weighted by molar-refractivity contribution is 0.0929. The molecule has 0 spiro atoms. The van der Waals surface area contributed by atoms with E-state index in [0.29, 0.717) is 12.6 Å². The van der Waals surface area contributed by atoms with Crippen LogP contribution in [0.25, 0.3) is 0 Å². The molecule has 2 rings (SSSR count). The highest BCUT2D eigenvalue weighted by Gasteiger charge is 2.18. The molecule has 0 bridgehead atoms. The molecule has 1 aromatic rings. The van der Waals surface area contributed by atoms with E-state index in [1.165, 1.54) is 19.3 Å². The number of likely N-dealkylation sites (tertiary alicyclic amines) is 1. The fourth-order valence-corrected chi connectivity index (χ4v) is 3.04. The van der Waals surface area contributed by atoms with Gasteiger partial charge in [-0.25, -0.2) is 0 Å². The highest BCUT2D eigenvalue weighted by atomic mass is 79.9. The van der Waals surface area contributed by atoms with Crippen LogP contribution in [0.15, 0.2) is 22.7 Å². The molecule has 1 N–H and O–H groups in total. The molecule has 0 aliphatic carbocycles. The lowest BCUT2D eigenvalue weighted by atomic mass is 10.1. The first-order chi connectivity index (χ1) is 9.59. The lowest BCUT2D eigenvalue weighted by Crippen LogP contribution is -2.44. The second-order valence-electron chi connectivity index (χ2n) is 5.57. The predicted octanol–water partition coefficient (Wildman–Crippen LogP) is 3.36. The van der Waals surface area contributed by atoms with E-state index in [4.69, 9.17) is 0 Å². The molecule has 20 heavy (non-hydrogen) atoms. The fraction of sp³-hybridized carbons (Fsp3) is 0.562. The van der Waals surface area contributed by atoms with Gasteiger partial charge in [-0.05, 0) is 57.5 Å². The summed E-state index contributed by atoms with van der Waals surface area (Å²) >= 11 is 3.47. The van der Waals surface area contributed by atoms with Crippen LogP contribution in [-0.4, -0.2) is 36.5 Å². The topological polar surface area (TPSA) is 32.3 Å². The van der Waals surface area contributed by atoms with Crippen molar-refractivity contribution < 1.29 is 4.79 Å². The first-order valence-corrected chi connectivity index (χ1v) is 8.16. The number of halogens is 1. The Labute approximate surface area is 129 Å². The minimum atomic E-state index is 0.0210. The van der Waals surface area contributed by atoms with Crippen molar-refractivity contribution in [3.63, 3.8) is 0 Å². The van der Waals surface area contributed by atoms with Gasteiger partial charge in [0.1, 0.15) is 0 Å². The van der Waals surface area contributed by atoms with Crippen molar-refractivity contribution in [3.05, 3.63) is 33.8 Å². The molecular weight excluding hydrogens is 316 g/mol. The van der Waals surface area contributed by atoms with Crippen LogP contribution in [0.1, 0.15) is 42.1 Å². The van der Waals surface area contributed by atoms with Gasteiger partial charge in [0.05, 0.1) is 0 Å². The van der Waals surface area contributed by atoms with E-state index < -0.39 is 0 Å². The molecule has 3 nitrogen and oxygen atoms in total. The molecular formula is C16H23BrN2O. The second kappa shape index (κ2) is 7.23. The van der Waals surface area contributed by atoms with Crippen LogP contribution in [0.3, 0.4) is 0 Å². The Bertz CT molecular complexity index is 470. The summed E-state index contributed by atoms with van der Waals surface area (Å²) in [5, 5.41) is 3.06. The van der Waals surface area contributed by atoms with Crippen LogP contribution >= 0.6 is 15.9 Å². The fourth-order valence-electron chi connectivity index (χ4n) is 2.68. The summed E-state index contributed by atoms with van der Waals surface area (Å²) in [6.45, 7) is 7.19. The Balaban J connectivity index is 1.89. The largest absolute Gasteiger partial charge is 0.350 e. The zero-order chi connectivity index (χ0) is 14.5. The maximum absolute atomic E-state index is 12.3. The summed E-state index contributed by atoms with van der Waals surface area (Å²) in [4.78, 5) is 14.7. The first kappa shape index (κ1) is 15.5. The van der Waals surface area contributed by atoms with Crippen molar-refractivity contribution in [1.82, 2.24) is 10.2 Å². The Morgan fingerprint density at radius 2 is 2.05 bits per heavy atom. The van der Waals surface area contributed by atoms with Crippen LogP contribution in [0.4, 0.5) is 0 Å². The van der Waals surface area contributed by atoms with Gasteiger partial charge in [0.2, 0.25) is 0 Å². The minimum absolute atomic E-state index is 0.0210. The molecule has 1 fully saturated rings. The van der Waals surface area contributed by atoms with Crippen molar-refractivity contribution in [2.75, 3.05) is 19.6 Å². The van der Waals surface area contributed by atoms with Crippen molar-refractivity contribution >= 4 is 21.8 Å². The number of nitrogens with zero attached hydrogens (tertiary/aromatic N) is 1. The van der Waals surface area contributed by atoms with E-state index in [0.717, 1.165) is 28.7 Å². The van der Waals surface area contributed by atoms with Crippen molar-refractivity contribution in [2.45, 2.75) is 39.2 Å².